The van der Waals surface area contributed by atoms with Gasteiger partial charge in [0.05, 0.1) is 20.1 Å². The third-order valence-corrected chi connectivity index (χ3v) is 3.14. The summed E-state index contributed by atoms with van der Waals surface area (Å²) in [6.45, 7) is 5.99. The Morgan fingerprint density at radius 1 is 1.07 bits per heavy atom. The first-order valence-corrected chi connectivity index (χ1v) is 6.06. The summed E-state index contributed by atoms with van der Waals surface area (Å²) in [5.41, 5.74) is 0. The van der Waals surface area contributed by atoms with E-state index in [9.17, 15) is 0 Å². The molecule has 0 aromatic rings. The molecule has 0 radical (unpaired) electrons. The maximum atomic E-state index is 3.35. The number of likely N-dealkylation sites (tertiary alicyclic amines) is 1. The van der Waals surface area contributed by atoms with Gasteiger partial charge in [-0.2, -0.15) is 0 Å². The number of hydrogen-bond donors (Lipinski definition) is 0. The van der Waals surface area contributed by atoms with Crippen molar-refractivity contribution in [3.05, 3.63) is 0 Å². The van der Waals surface area contributed by atoms with E-state index in [2.05, 4.69) is 25.8 Å². The fourth-order valence-corrected chi connectivity index (χ4v) is 2.06. The standard InChI is InChI=1S/C13H24N.HI/c1-3-4-5-6-7-8-11-14(2)12-9-10-13-14;/h3-6,9-13H2,1-2H3;1H/q+1;/p-1. The van der Waals surface area contributed by atoms with Crippen LogP contribution in [-0.4, -0.2) is 31.2 Å². The van der Waals surface area contributed by atoms with Gasteiger partial charge in [0.25, 0.3) is 0 Å². The van der Waals surface area contributed by atoms with Gasteiger partial charge in [-0.15, -0.1) is 0 Å². The molecular weight excluding hydrogens is 297 g/mol. The minimum Gasteiger partial charge on any atom is -1.00 e. The lowest BCUT2D eigenvalue weighted by Gasteiger charge is -2.26. The topological polar surface area (TPSA) is 0 Å². The van der Waals surface area contributed by atoms with E-state index in [1.807, 2.05) is 0 Å². The van der Waals surface area contributed by atoms with Gasteiger partial charge in [-0.05, 0) is 12.3 Å². The largest absolute Gasteiger partial charge is 1.00 e. The quantitative estimate of drug-likeness (QED) is 0.292. The lowest BCUT2D eigenvalue weighted by atomic mass is 10.2. The number of unbranched alkanes of at least 4 members (excludes halogenated alkanes) is 3. The van der Waals surface area contributed by atoms with Crippen LogP contribution >= 0.6 is 0 Å². The van der Waals surface area contributed by atoms with E-state index in [-0.39, 0.29) is 24.0 Å². The fraction of sp³-hybridized carbons (Fsp3) is 0.846. The normalized spacial score (nSPS) is 17.7. The molecule has 15 heavy (non-hydrogen) atoms. The van der Waals surface area contributed by atoms with Crippen LogP contribution in [-0.2, 0) is 0 Å². The molecule has 0 atom stereocenters. The predicted octanol–water partition coefficient (Wildman–Crippen LogP) is -0.185. The molecule has 0 aromatic heterocycles. The molecular formula is C13H24IN. The first-order chi connectivity index (χ1) is 6.77. The highest BCUT2D eigenvalue weighted by molar-refractivity contribution is 4.99. The zero-order chi connectivity index (χ0) is 10.3. The monoisotopic (exact) mass is 321 g/mol. The summed E-state index contributed by atoms with van der Waals surface area (Å²) in [7, 11) is 2.34. The molecule has 0 saturated carbocycles. The molecule has 1 aliphatic heterocycles. The molecule has 1 saturated heterocycles. The Labute approximate surface area is 112 Å². The molecule has 88 valence electrons. The summed E-state index contributed by atoms with van der Waals surface area (Å²) in [4.78, 5) is 0. The third kappa shape index (κ3) is 6.42. The Hall–Kier alpha value is 0.250. The minimum atomic E-state index is 0. The molecule has 0 N–H and O–H groups in total. The molecule has 1 aliphatic rings. The van der Waals surface area contributed by atoms with Crippen LogP contribution in [0.2, 0.25) is 0 Å². The second-order valence-electron chi connectivity index (χ2n) is 4.74. The summed E-state index contributed by atoms with van der Waals surface area (Å²) in [6, 6.07) is 0. The van der Waals surface area contributed by atoms with Gasteiger partial charge in [0.1, 0.15) is 6.54 Å². The third-order valence-electron chi connectivity index (χ3n) is 3.14. The van der Waals surface area contributed by atoms with Crippen molar-refractivity contribution in [2.75, 3.05) is 26.7 Å². The number of nitrogens with zero attached hydrogens (tertiary/aromatic N) is 1. The number of hydrogen-bond acceptors (Lipinski definition) is 0. The van der Waals surface area contributed by atoms with Gasteiger partial charge >= 0.3 is 0 Å². The molecule has 0 amide bonds. The molecule has 0 aliphatic carbocycles. The Morgan fingerprint density at radius 3 is 2.33 bits per heavy atom. The first-order valence-electron chi connectivity index (χ1n) is 6.06. The van der Waals surface area contributed by atoms with E-state index >= 15 is 0 Å². The average Bonchev–Trinajstić information content (AvgIpc) is 2.59. The van der Waals surface area contributed by atoms with Gasteiger partial charge in [0.15, 0.2) is 0 Å². The fourth-order valence-electron chi connectivity index (χ4n) is 2.06. The van der Waals surface area contributed by atoms with Gasteiger partial charge in [0.2, 0.25) is 0 Å². The SMILES string of the molecule is CCCCCC#CC[N+]1(C)CCCC1.[I-]. The highest BCUT2D eigenvalue weighted by atomic mass is 127. The summed E-state index contributed by atoms with van der Waals surface area (Å²) in [6.07, 6.45) is 7.82. The van der Waals surface area contributed by atoms with Crippen LogP contribution in [0.15, 0.2) is 0 Å². The van der Waals surface area contributed by atoms with Crippen molar-refractivity contribution in [3.8, 4) is 11.8 Å². The molecule has 0 spiro atoms. The number of quaternary nitrogens is 1. The van der Waals surface area contributed by atoms with E-state index in [0.717, 1.165) is 13.0 Å². The highest BCUT2D eigenvalue weighted by Gasteiger charge is 2.24. The second-order valence-corrected chi connectivity index (χ2v) is 4.74. The maximum Gasteiger partial charge on any atom is 0.140 e. The van der Waals surface area contributed by atoms with Gasteiger partial charge in [-0.25, -0.2) is 0 Å². The zero-order valence-electron chi connectivity index (χ0n) is 10.2. The van der Waals surface area contributed by atoms with Crippen LogP contribution in [0.3, 0.4) is 0 Å². The Bertz CT molecular complexity index is 208. The molecule has 1 heterocycles. The van der Waals surface area contributed by atoms with Crippen LogP contribution in [0.4, 0.5) is 0 Å². The summed E-state index contributed by atoms with van der Waals surface area (Å²) >= 11 is 0. The molecule has 1 rings (SSSR count). The van der Waals surface area contributed by atoms with Crippen molar-refractivity contribution in [1.29, 1.82) is 0 Å². The Kier molecular flexibility index (Phi) is 8.55. The minimum absolute atomic E-state index is 0. The van der Waals surface area contributed by atoms with Gasteiger partial charge < -0.3 is 28.5 Å². The van der Waals surface area contributed by atoms with Crippen molar-refractivity contribution in [1.82, 2.24) is 0 Å². The van der Waals surface area contributed by atoms with Crippen LogP contribution in [0, 0.1) is 11.8 Å². The molecule has 0 bridgehead atoms. The van der Waals surface area contributed by atoms with E-state index in [1.54, 1.807) is 0 Å². The van der Waals surface area contributed by atoms with Crippen molar-refractivity contribution >= 4 is 0 Å². The molecule has 1 nitrogen and oxygen atoms in total. The molecule has 2 heteroatoms. The van der Waals surface area contributed by atoms with Crippen LogP contribution in [0.25, 0.3) is 0 Å². The van der Waals surface area contributed by atoms with Gasteiger partial charge in [-0.1, -0.05) is 25.7 Å². The van der Waals surface area contributed by atoms with Crippen molar-refractivity contribution < 1.29 is 28.5 Å². The van der Waals surface area contributed by atoms with E-state index in [0.29, 0.717) is 0 Å². The second kappa shape index (κ2) is 8.41. The summed E-state index contributed by atoms with van der Waals surface area (Å²) in [5, 5.41) is 0. The van der Waals surface area contributed by atoms with Crippen LogP contribution in [0.1, 0.15) is 45.4 Å². The number of halogens is 1. The lowest BCUT2D eigenvalue weighted by molar-refractivity contribution is -0.890. The first kappa shape index (κ1) is 15.2. The van der Waals surface area contributed by atoms with Crippen LogP contribution < -0.4 is 24.0 Å². The highest BCUT2D eigenvalue weighted by Crippen LogP contribution is 2.14. The predicted molar refractivity (Wildman–Crippen MR) is 61.9 cm³/mol. The summed E-state index contributed by atoms with van der Waals surface area (Å²) < 4.78 is 1.20. The molecule has 0 unspecified atom stereocenters. The van der Waals surface area contributed by atoms with E-state index in [4.69, 9.17) is 0 Å². The maximum absolute atomic E-state index is 3.35. The smallest absolute Gasteiger partial charge is 0.140 e. The zero-order valence-corrected chi connectivity index (χ0v) is 12.3. The Morgan fingerprint density at radius 2 is 1.73 bits per heavy atom. The van der Waals surface area contributed by atoms with E-state index in [1.165, 1.54) is 49.7 Å². The Balaban J connectivity index is 0.00000196. The van der Waals surface area contributed by atoms with Crippen molar-refractivity contribution in [2.45, 2.75) is 45.4 Å². The van der Waals surface area contributed by atoms with E-state index < -0.39 is 0 Å². The van der Waals surface area contributed by atoms with Crippen molar-refractivity contribution in [2.24, 2.45) is 0 Å². The van der Waals surface area contributed by atoms with Crippen LogP contribution in [0.5, 0.6) is 0 Å². The van der Waals surface area contributed by atoms with Gasteiger partial charge in [-0.3, -0.25) is 0 Å². The van der Waals surface area contributed by atoms with Gasteiger partial charge in [0, 0.05) is 19.3 Å². The average molecular weight is 321 g/mol. The molecule has 0 aromatic carbocycles. The van der Waals surface area contributed by atoms with Crippen molar-refractivity contribution in [3.63, 3.8) is 0 Å². The molecule has 1 fully saturated rings. The summed E-state index contributed by atoms with van der Waals surface area (Å²) in [5.74, 6) is 6.66. The lowest BCUT2D eigenvalue weighted by Crippen LogP contribution is -3.00. The number of rotatable bonds is 4.